The molecule has 1 aliphatic heterocycles. The molecule has 0 amide bonds. The van der Waals surface area contributed by atoms with E-state index >= 15 is 0 Å². The molecule has 0 spiro atoms. The molecule has 1 unspecified atom stereocenters. The van der Waals surface area contributed by atoms with Crippen molar-refractivity contribution < 1.29 is 23.0 Å². The van der Waals surface area contributed by atoms with Gasteiger partial charge in [-0.05, 0) is 49.0 Å². The Kier molecular flexibility index (Phi) is 5.63. The SMILES string of the molecule is CC(NCC1(O)CCSCC1)c1cccc(OC(F)(F)F)c1. The maximum Gasteiger partial charge on any atom is 0.573 e. The highest BCUT2D eigenvalue weighted by Crippen LogP contribution is 2.28. The van der Waals surface area contributed by atoms with Crippen molar-refractivity contribution in [1.82, 2.24) is 5.32 Å². The second-order valence-electron chi connectivity index (χ2n) is 5.56. The molecule has 22 heavy (non-hydrogen) atoms. The van der Waals surface area contributed by atoms with Crippen LogP contribution in [0.1, 0.15) is 31.4 Å². The fourth-order valence-electron chi connectivity index (χ4n) is 2.37. The summed E-state index contributed by atoms with van der Waals surface area (Å²) in [4.78, 5) is 0. The molecule has 0 aromatic heterocycles. The monoisotopic (exact) mass is 335 g/mol. The quantitative estimate of drug-likeness (QED) is 0.864. The fraction of sp³-hybridized carbons (Fsp3) is 0.600. The lowest BCUT2D eigenvalue weighted by Gasteiger charge is -2.33. The molecule has 0 radical (unpaired) electrons. The van der Waals surface area contributed by atoms with Crippen LogP contribution in [0.5, 0.6) is 5.75 Å². The number of aliphatic hydroxyl groups is 1. The molecule has 0 saturated carbocycles. The molecule has 1 atom stereocenters. The van der Waals surface area contributed by atoms with Crippen molar-refractivity contribution in [3.05, 3.63) is 29.8 Å². The molecule has 1 fully saturated rings. The molecule has 2 N–H and O–H groups in total. The lowest BCUT2D eigenvalue weighted by atomic mass is 9.96. The zero-order chi connectivity index (χ0) is 16.2. The third-order valence-corrected chi connectivity index (χ3v) is 4.74. The number of ether oxygens (including phenoxy) is 1. The summed E-state index contributed by atoms with van der Waals surface area (Å²) in [6.45, 7) is 2.28. The van der Waals surface area contributed by atoms with Crippen molar-refractivity contribution in [2.24, 2.45) is 0 Å². The Morgan fingerprint density at radius 1 is 1.36 bits per heavy atom. The van der Waals surface area contributed by atoms with E-state index in [0.29, 0.717) is 12.1 Å². The Morgan fingerprint density at radius 2 is 2.05 bits per heavy atom. The van der Waals surface area contributed by atoms with Crippen molar-refractivity contribution in [2.45, 2.75) is 37.8 Å². The summed E-state index contributed by atoms with van der Waals surface area (Å²) in [5, 5.41) is 13.6. The minimum atomic E-state index is -4.69. The number of halogens is 3. The molecule has 0 bridgehead atoms. The number of alkyl halides is 3. The molecule has 0 aliphatic carbocycles. The maximum atomic E-state index is 12.2. The summed E-state index contributed by atoms with van der Waals surface area (Å²) in [5.41, 5.74) is -0.0323. The molecule has 1 aliphatic rings. The maximum absolute atomic E-state index is 12.2. The summed E-state index contributed by atoms with van der Waals surface area (Å²) >= 11 is 1.82. The van der Waals surface area contributed by atoms with Gasteiger partial charge < -0.3 is 15.2 Å². The minimum Gasteiger partial charge on any atom is -0.406 e. The van der Waals surface area contributed by atoms with Gasteiger partial charge in [-0.3, -0.25) is 0 Å². The second kappa shape index (κ2) is 7.10. The van der Waals surface area contributed by atoms with Crippen molar-refractivity contribution in [3.63, 3.8) is 0 Å². The number of rotatable bonds is 5. The Bertz CT molecular complexity index is 490. The van der Waals surface area contributed by atoms with E-state index in [4.69, 9.17) is 0 Å². The first-order chi connectivity index (χ1) is 10.3. The summed E-state index contributed by atoms with van der Waals surface area (Å²) in [5.74, 6) is 1.63. The van der Waals surface area contributed by atoms with Gasteiger partial charge in [0.05, 0.1) is 5.60 Å². The van der Waals surface area contributed by atoms with Crippen LogP contribution in [-0.2, 0) is 0 Å². The summed E-state index contributed by atoms with van der Waals surface area (Å²) in [6, 6.07) is 5.74. The topological polar surface area (TPSA) is 41.5 Å². The zero-order valence-electron chi connectivity index (χ0n) is 12.3. The molecule has 124 valence electrons. The van der Waals surface area contributed by atoms with Crippen molar-refractivity contribution in [3.8, 4) is 5.75 Å². The summed E-state index contributed by atoms with van der Waals surface area (Å²) in [7, 11) is 0. The first kappa shape index (κ1) is 17.4. The lowest BCUT2D eigenvalue weighted by molar-refractivity contribution is -0.274. The molecule has 2 rings (SSSR count). The Balaban J connectivity index is 1.94. The number of hydrogen-bond acceptors (Lipinski definition) is 4. The van der Waals surface area contributed by atoms with Gasteiger partial charge in [-0.25, -0.2) is 0 Å². The van der Waals surface area contributed by atoms with E-state index in [2.05, 4.69) is 10.1 Å². The standard InChI is InChI=1S/C15H20F3NO2S/c1-11(19-10-14(20)5-7-22-8-6-14)12-3-2-4-13(9-12)21-15(16,17)18/h2-4,9,11,19-20H,5-8,10H2,1H3. The van der Waals surface area contributed by atoms with E-state index in [1.165, 1.54) is 18.2 Å². The van der Waals surface area contributed by atoms with E-state index in [-0.39, 0.29) is 11.8 Å². The molecular formula is C15H20F3NO2S. The van der Waals surface area contributed by atoms with Gasteiger partial charge in [0, 0.05) is 12.6 Å². The summed E-state index contributed by atoms with van der Waals surface area (Å²) in [6.07, 6.45) is -3.23. The zero-order valence-corrected chi connectivity index (χ0v) is 13.1. The Hall–Kier alpha value is -0.920. The third-order valence-electron chi connectivity index (χ3n) is 3.75. The highest BCUT2D eigenvalue weighted by atomic mass is 32.2. The van der Waals surface area contributed by atoms with Crippen LogP contribution >= 0.6 is 11.8 Å². The predicted molar refractivity (Wildman–Crippen MR) is 81.1 cm³/mol. The number of benzene rings is 1. The van der Waals surface area contributed by atoms with E-state index in [1.807, 2.05) is 18.7 Å². The van der Waals surface area contributed by atoms with E-state index in [1.54, 1.807) is 6.07 Å². The van der Waals surface area contributed by atoms with Crippen molar-refractivity contribution in [1.29, 1.82) is 0 Å². The summed E-state index contributed by atoms with van der Waals surface area (Å²) < 4.78 is 40.7. The smallest absolute Gasteiger partial charge is 0.406 e. The highest BCUT2D eigenvalue weighted by molar-refractivity contribution is 7.99. The van der Waals surface area contributed by atoms with Crippen LogP contribution in [0.4, 0.5) is 13.2 Å². The van der Waals surface area contributed by atoms with E-state index in [0.717, 1.165) is 24.3 Å². The first-order valence-electron chi connectivity index (χ1n) is 7.17. The van der Waals surface area contributed by atoms with Crippen LogP contribution in [0.15, 0.2) is 24.3 Å². The minimum absolute atomic E-state index is 0.171. The highest BCUT2D eigenvalue weighted by Gasteiger charge is 2.32. The van der Waals surface area contributed by atoms with Gasteiger partial charge in [0.25, 0.3) is 0 Å². The molecule has 1 heterocycles. The number of hydrogen-bond donors (Lipinski definition) is 2. The Labute approximate surface area is 132 Å². The van der Waals surface area contributed by atoms with Gasteiger partial charge in [-0.2, -0.15) is 11.8 Å². The molecular weight excluding hydrogens is 315 g/mol. The Morgan fingerprint density at radius 3 is 2.68 bits per heavy atom. The molecule has 1 aromatic rings. The van der Waals surface area contributed by atoms with Crippen molar-refractivity contribution in [2.75, 3.05) is 18.1 Å². The van der Waals surface area contributed by atoms with Gasteiger partial charge in [0.15, 0.2) is 0 Å². The van der Waals surface area contributed by atoms with Crippen LogP contribution in [0.2, 0.25) is 0 Å². The third kappa shape index (κ3) is 5.37. The normalized spacial score (nSPS) is 19.7. The number of nitrogens with one attached hydrogen (secondary N) is 1. The van der Waals surface area contributed by atoms with Gasteiger partial charge >= 0.3 is 6.36 Å². The fourth-order valence-corrected chi connectivity index (χ4v) is 3.62. The largest absolute Gasteiger partial charge is 0.573 e. The predicted octanol–water partition coefficient (Wildman–Crippen LogP) is 3.49. The van der Waals surface area contributed by atoms with E-state index in [9.17, 15) is 18.3 Å². The number of thioether (sulfide) groups is 1. The molecule has 3 nitrogen and oxygen atoms in total. The van der Waals surface area contributed by atoms with Gasteiger partial charge in [0.2, 0.25) is 0 Å². The van der Waals surface area contributed by atoms with Crippen LogP contribution in [0.3, 0.4) is 0 Å². The average molecular weight is 335 g/mol. The second-order valence-corrected chi connectivity index (χ2v) is 6.78. The van der Waals surface area contributed by atoms with E-state index < -0.39 is 12.0 Å². The van der Waals surface area contributed by atoms with Crippen LogP contribution in [-0.4, -0.2) is 35.1 Å². The van der Waals surface area contributed by atoms with Crippen LogP contribution in [0, 0.1) is 0 Å². The van der Waals surface area contributed by atoms with Crippen LogP contribution in [0.25, 0.3) is 0 Å². The first-order valence-corrected chi connectivity index (χ1v) is 8.32. The van der Waals surface area contributed by atoms with Gasteiger partial charge in [-0.15, -0.1) is 13.2 Å². The van der Waals surface area contributed by atoms with Gasteiger partial charge in [-0.1, -0.05) is 12.1 Å². The lowest BCUT2D eigenvalue weighted by Crippen LogP contribution is -2.44. The van der Waals surface area contributed by atoms with Crippen molar-refractivity contribution >= 4 is 11.8 Å². The van der Waals surface area contributed by atoms with Crippen LogP contribution < -0.4 is 10.1 Å². The molecule has 1 saturated heterocycles. The molecule has 7 heteroatoms. The average Bonchev–Trinajstić information content (AvgIpc) is 2.44. The van der Waals surface area contributed by atoms with Gasteiger partial charge in [0.1, 0.15) is 5.75 Å². The molecule has 1 aromatic carbocycles.